The minimum absolute atomic E-state index is 0.0984. The minimum atomic E-state index is -3.09. The largest absolute Gasteiger partial charge is 0.347 e. The number of aromatic nitrogens is 2. The molecule has 1 aromatic heterocycles. The molecule has 0 bridgehead atoms. The van der Waals surface area contributed by atoms with Crippen LogP contribution in [0.1, 0.15) is 12.6 Å². The van der Waals surface area contributed by atoms with E-state index in [-0.39, 0.29) is 12.3 Å². The van der Waals surface area contributed by atoms with Crippen LogP contribution in [0.4, 0.5) is 0 Å². The molecule has 0 aromatic carbocycles. The molecule has 0 saturated carbocycles. The average molecular weight is 189 g/mol. The fraction of sp³-hybridized carbons (Fsp3) is 0.500. The molecule has 1 aromatic rings. The van der Waals surface area contributed by atoms with E-state index in [2.05, 4.69) is 14.7 Å². The molecule has 1 rings (SSSR count). The first kappa shape index (κ1) is 9.21. The highest BCUT2D eigenvalue weighted by Crippen LogP contribution is 1.91. The average Bonchev–Trinajstić information content (AvgIpc) is 2.53. The molecular formula is C6H11N3O2S. The number of sulfonamides is 1. The van der Waals surface area contributed by atoms with Crippen molar-refractivity contribution in [2.45, 2.75) is 13.5 Å². The van der Waals surface area contributed by atoms with E-state index in [1.54, 1.807) is 13.1 Å². The highest BCUT2D eigenvalue weighted by atomic mass is 32.2. The van der Waals surface area contributed by atoms with Gasteiger partial charge in [0.25, 0.3) is 0 Å². The Morgan fingerprint density at radius 2 is 2.42 bits per heavy atom. The van der Waals surface area contributed by atoms with Crippen LogP contribution in [0.3, 0.4) is 0 Å². The summed E-state index contributed by atoms with van der Waals surface area (Å²) >= 11 is 0. The van der Waals surface area contributed by atoms with E-state index in [0.717, 1.165) is 5.69 Å². The Hall–Kier alpha value is -0.880. The van der Waals surface area contributed by atoms with Crippen LogP contribution in [0.5, 0.6) is 0 Å². The van der Waals surface area contributed by atoms with Crippen molar-refractivity contribution in [3.8, 4) is 0 Å². The van der Waals surface area contributed by atoms with Crippen LogP contribution in [0.25, 0.3) is 0 Å². The molecule has 0 aliphatic heterocycles. The number of nitrogens with zero attached hydrogens (tertiary/aromatic N) is 1. The van der Waals surface area contributed by atoms with Crippen molar-refractivity contribution in [1.82, 2.24) is 14.7 Å². The first-order valence-corrected chi connectivity index (χ1v) is 5.24. The van der Waals surface area contributed by atoms with E-state index in [0.29, 0.717) is 0 Å². The molecule has 6 heteroatoms. The van der Waals surface area contributed by atoms with Crippen LogP contribution in [0.2, 0.25) is 0 Å². The number of imidazole rings is 1. The van der Waals surface area contributed by atoms with Crippen LogP contribution in [0, 0.1) is 0 Å². The molecule has 0 atom stereocenters. The van der Waals surface area contributed by atoms with Crippen molar-refractivity contribution in [1.29, 1.82) is 0 Å². The Kier molecular flexibility index (Phi) is 2.83. The van der Waals surface area contributed by atoms with Gasteiger partial charge < -0.3 is 4.98 Å². The molecule has 5 nitrogen and oxygen atoms in total. The van der Waals surface area contributed by atoms with Crippen LogP contribution >= 0.6 is 0 Å². The monoisotopic (exact) mass is 189 g/mol. The van der Waals surface area contributed by atoms with Crippen LogP contribution in [0.15, 0.2) is 12.5 Å². The van der Waals surface area contributed by atoms with Crippen LogP contribution in [-0.2, 0) is 16.6 Å². The third-order valence-electron chi connectivity index (χ3n) is 1.42. The van der Waals surface area contributed by atoms with Gasteiger partial charge in [-0.25, -0.2) is 18.1 Å². The number of rotatable bonds is 4. The maximum Gasteiger partial charge on any atom is 0.211 e. The predicted molar refractivity (Wildman–Crippen MR) is 44.9 cm³/mol. The molecule has 0 saturated heterocycles. The predicted octanol–water partition coefficient (Wildman–Crippen LogP) is -0.151. The maximum absolute atomic E-state index is 10.9. The molecule has 68 valence electrons. The van der Waals surface area contributed by atoms with Crippen molar-refractivity contribution in [2.24, 2.45) is 0 Å². The lowest BCUT2D eigenvalue weighted by Gasteiger charge is -2.00. The summed E-state index contributed by atoms with van der Waals surface area (Å²) in [6.07, 6.45) is 3.09. The lowest BCUT2D eigenvalue weighted by atomic mass is 10.5. The molecule has 0 aliphatic rings. The normalized spacial score (nSPS) is 11.8. The summed E-state index contributed by atoms with van der Waals surface area (Å²) in [6.45, 7) is 1.87. The van der Waals surface area contributed by atoms with Gasteiger partial charge in [0.05, 0.1) is 18.6 Å². The second-order valence-corrected chi connectivity index (χ2v) is 4.40. The van der Waals surface area contributed by atoms with Crippen molar-refractivity contribution in [2.75, 3.05) is 5.75 Å². The van der Waals surface area contributed by atoms with Gasteiger partial charge in [-0.3, -0.25) is 0 Å². The number of hydrogen-bond donors (Lipinski definition) is 2. The topological polar surface area (TPSA) is 74.8 Å². The van der Waals surface area contributed by atoms with Gasteiger partial charge in [-0.2, -0.15) is 0 Å². The van der Waals surface area contributed by atoms with Crippen LogP contribution in [-0.4, -0.2) is 24.1 Å². The SMILES string of the molecule is CCS(=O)(=O)NCc1cnc[nH]1. The van der Waals surface area contributed by atoms with E-state index in [4.69, 9.17) is 0 Å². The first-order chi connectivity index (χ1) is 5.64. The summed E-state index contributed by atoms with van der Waals surface area (Å²) in [4.78, 5) is 6.55. The van der Waals surface area contributed by atoms with E-state index >= 15 is 0 Å². The minimum Gasteiger partial charge on any atom is -0.347 e. The van der Waals surface area contributed by atoms with Crippen molar-refractivity contribution >= 4 is 10.0 Å². The molecule has 0 amide bonds. The van der Waals surface area contributed by atoms with Crippen molar-refractivity contribution in [3.05, 3.63) is 18.2 Å². The highest BCUT2D eigenvalue weighted by Gasteiger charge is 2.05. The standard InChI is InChI=1S/C6H11N3O2S/c1-2-12(10,11)9-4-6-3-7-5-8-6/h3,5,9H,2,4H2,1H3,(H,7,8). The summed E-state index contributed by atoms with van der Waals surface area (Å²) in [5, 5.41) is 0. The van der Waals surface area contributed by atoms with E-state index in [1.807, 2.05) is 0 Å². The third kappa shape index (κ3) is 2.63. The molecule has 0 aliphatic carbocycles. The van der Waals surface area contributed by atoms with Gasteiger partial charge in [-0.15, -0.1) is 0 Å². The summed E-state index contributed by atoms with van der Waals surface area (Å²) in [6, 6.07) is 0. The Morgan fingerprint density at radius 3 is 2.92 bits per heavy atom. The molecule has 0 unspecified atom stereocenters. The molecule has 12 heavy (non-hydrogen) atoms. The van der Waals surface area contributed by atoms with Gasteiger partial charge in [-0.05, 0) is 6.92 Å². The molecule has 0 fully saturated rings. The van der Waals surface area contributed by atoms with E-state index in [9.17, 15) is 8.42 Å². The number of aromatic amines is 1. The fourth-order valence-corrected chi connectivity index (χ4v) is 1.25. The zero-order chi connectivity index (χ0) is 9.03. The summed E-state index contributed by atoms with van der Waals surface area (Å²) in [7, 11) is -3.09. The molecule has 1 heterocycles. The second kappa shape index (κ2) is 3.68. The van der Waals surface area contributed by atoms with Gasteiger partial charge in [0.1, 0.15) is 0 Å². The first-order valence-electron chi connectivity index (χ1n) is 3.58. The number of hydrogen-bond acceptors (Lipinski definition) is 3. The lowest BCUT2D eigenvalue weighted by Crippen LogP contribution is -2.24. The van der Waals surface area contributed by atoms with Gasteiger partial charge in [-0.1, -0.05) is 0 Å². The smallest absolute Gasteiger partial charge is 0.211 e. The molecule has 0 spiro atoms. The molecular weight excluding hydrogens is 178 g/mol. The van der Waals surface area contributed by atoms with Gasteiger partial charge in [0.15, 0.2) is 0 Å². The third-order valence-corrected chi connectivity index (χ3v) is 2.76. The number of H-pyrrole nitrogens is 1. The summed E-state index contributed by atoms with van der Waals surface area (Å²) < 4.78 is 24.3. The zero-order valence-electron chi connectivity index (χ0n) is 6.74. The van der Waals surface area contributed by atoms with Gasteiger partial charge >= 0.3 is 0 Å². The highest BCUT2D eigenvalue weighted by molar-refractivity contribution is 7.89. The summed E-state index contributed by atoms with van der Waals surface area (Å²) in [5.74, 6) is 0.0984. The Bertz CT molecular complexity index is 317. The molecule has 2 N–H and O–H groups in total. The molecule has 0 radical (unpaired) electrons. The Labute approximate surface area is 71.3 Å². The van der Waals surface area contributed by atoms with Crippen LogP contribution < -0.4 is 4.72 Å². The number of nitrogens with one attached hydrogen (secondary N) is 2. The van der Waals surface area contributed by atoms with Gasteiger partial charge in [0.2, 0.25) is 10.0 Å². The summed E-state index contributed by atoms with van der Waals surface area (Å²) in [5.41, 5.74) is 0.757. The van der Waals surface area contributed by atoms with E-state index in [1.165, 1.54) is 6.33 Å². The van der Waals surface area contributed by atoms with Gasteiger partial charge in [0, 0.05) is 11.9 Å². The Morgan fingerprint density at radius 1 is 1.67 bits per heavy atom. The van der Waals surface area contributed by atoms with Crippen molar-refractivity contribution < 1.29 is 8.42 Å². The van der Waals surface area contributed by atoms with E-state index < -0.39 is 10.0 Å². The maximum atomic E-state index is 10.9. The quantitative estimate of drug-likeness (QED) is 0.691. The zero-order valence-corrected chi connectivity index (χ0v) is 7.56. The second-order valence-electron chi connectivity index (χ2n) is 2.30. The Balaban J connectivity index is 2.47. The van der Waals surface area contributed by atoms with Crippen molar-refractivity contribution in [3.63, 3.8) is 0 Å². The lowest BCUT2D eigenvalue weighted by molar-refractivity contribution is 0.582. The fourth-order valence-electron chi connectivity index (χ4n) is 0.671.